The molecule has 0 radical (unpaired) electrons. The van der Waals surface area contributed by atoms with Gasteiger partial charge in [0, 0.05) is 6.04 Å². The second-order valence-electron chi connectivity index (χ2n) is 2.80. The van der Waals surface area contributed by atoms with Crippen molar-refractivity contribution in [2.45, 2.75) is 13.0 Å². The lowest BCUT2D eigenvalue weighted by molar-refractivity contribution is 0.0697. The van der Waals surface area contributed by atoms with Gasteiger partial charge < -0.3 is 10.8 Å². The van der Waals surface area contributed by atoms with Crippen molar-refractivity contribution in [3.05, 3.63) is 34.3 Å². The highest BCUT2D eigenvalue weighted by Crippen LogP contribution is 2.25. The molecule has 0 aliphatic rings. The summed E-state index contributed by atoms with van der Waals surface area (Å²) in [6.45, 7) is 1.76. The van der Waals surface area contributed by atoms with E-state index in [1.807, 2.05) is 0 Å². The maximum absolute atomic E-state index is 10.7. The normalized spacial score (nSPS) is 12.5. The molecule has 3 N–H and O–H groups in total. The Hall–Kier alpha value is -1.06. The lowest BCUT2D eigenvalue weighted by Crippen LogP contribution is -2.08. The molecule has 0 fully saturated rings. The highest BCUT2D eigenvalue weighted by molar-refractivity contribution is 6.34. The second kappa shape index (κ2) is 3.77. The topological polar surface area (TPSA) is 63.3 Å². The summed E-state index contributed by atoms with van der Waals surface area (Å²) >= 11 is 5.84. The number of carbonyl (C=O) groups is 1. The number of aromatic carboxylic acids is 1. The van der Waals surface area contributed by atoms with E-state index in [9.17, 15) is 4.79 Å². The first-order chi connectivity index (χ1) is 6.04. The molecule has 1 aromatic rings. The molecule has 0 aliphatic heterocycles. The van der Waals surface area contributed by atoms with Crippen LogP contribution in [0.4, 0.5) is 0 Å². The van der Waals surface area contributed by atoms with Gasteiger partial charge in [0.05, 0.1) is 10.6 Å². The maximum atomic E-state index is 10.7. The highest BCUT2D eigenvalue weighted by Gasteiger charge is 2.13. The van der Waals surface area contributed by atoms with Crippen LogP contribution in [0.1, 0.15) is 28.9 Å². The summed E-state index contributed by atoms with van der Waals surface area (Å²) < 4.78 is 0. The van der Waals surface area contributed by atoms with Gasteiger partial charge in [0.15, 0.2) is 0 Å². The molecular formula is C9H10ClNO2. The van der Waals surface area contributed by atoms with Crippen LogP contribution in [0.5, 0.6) is 0 Å². The standard InChI is InChI=1S/C9H10ClNO2/c1-5(11)6-3-2-4-7(8(6)10)9(12)13/h2-5H,11H2,1H3,(H,12,13). The smallest absolute Gasteiger partial charge is 0.337 e. The number of carboxylic acids is 1. The number of hydrogen-bond acceptors (Lipinski definition) is 2. The average molecular weight is 200 g/mol. The average Bonchev–Trinajstić information content (AvgIpc) is 2.03. The number of rotatable bonds is 2. The van der Waals surface area contributed by atoms with Gasteiger partial charge in [0.1, 0.15) is 0 Å². The summed E-state index contributed by atoms with van der Waals surface area (Å²) in [7, 11) is 0. The minimum absolute atomic E-state index is 0.0940. The molecule has 0 bridgehead atoms. The zero-order valence-corrected chi connectivity index (χ0v) is 7.88. The van der Waals surface area contributed by atoms with E-state index in [4.69, 9.17) is 22.4 Å². The third-order valence-electron chi connectivity index (χ3n) is 1.75. The van der Waals surface area contributed by atoms with Crippen LogP contribution >= 0.6 is 11.6 Å². The van der Waals surface area contributed by atoms with Crippen LogP contribution in [0.15, 0.2) is 18.2 Å². The molecular weight excluding hydrogens is 190 g/mol. The monoisotopic (exact) mass is 199 g/mol. The second-order valence-corrected chi connectivity index (χ2v) is 3.18. The van der Waals surface area contributed by atoms with Crippen LogP contribution in [-0.2, 0) is 0 Å². The molecule has 3 nitrogen and oxygen atoms in total. The molecule has 0 saturated carbocycles. The van der Waals surface area contributed by atoms with E-state index in [-0.39, 0.29) is 16.6 Å². The van der Waals surface area contributed by atoms with Crippen molar-refractivity contribution in [1.82, 2.24) is 0 Å². The van der Waals surface area contributed by atoms with E-state index in [2.05, 4.69) is 0 Å². The fourth-order valence-corrected chi connectivity index (χ4v) is 1.45. The van der Waals surface area contributed by atoms with Gasteiger partial charge in [-0.25, -0.2) is 4.79 Å². The number of benzene rings is 1. The molecule has 1 aromatic carbocycles. The Morgan fingerprint density at radius 2 is 2.23 bits per heavy atom. The lowest BCUT2D eigenvalue weighted by Gasteiger charge is -2.09. The van der Waals surface area contributed by atoms with Crippen molar-refractivity contribution in [3.8, 4) is 0 Å². The number of halogens is 1. The van der Waals surface area contributed by atoms with Crippen LogP contribution in [0.2, 0.25) is 5.02 Å². The van der Waals surface area contributed by atoms with Gasteiger partial charge in [0.25, 0.3) is 0 Å². The summed E-state index contributed by atoms with van der Waals surface area (Å²) in [4.78, 5) is 10.7. The SMILES string of the molecule is CC(N)c1cccc(C(=O)O)c1Cl. The number of nitrogens with two attached hydrogens (primary N) is 1. The van der Waals surface area contributed by atoms with Crippen molar-refractivity contribution in [2.24, 2.45) is 5.73 Å². The van der Waals surface area contributed by atoms with Crippen LogP contribution in [0.25, 0.3) is 0 Å². The Morgan fingerprint density at radius 1 is 1.62 bits per heavy atom. The molecule has 70 valence electrons. The maximum Gasteiger partial charge on any atom is 0.337 e. The van der Waals surface area contributed by atoms with Gasteiger partial charge in [-0.15, -0.1) is 0 Å². The van der Waals surface area contributed by atoms with Crippen molar-refractivity contribution in [1.29, 1.82) is 0 Å². The fourth-order valence-electron chi connectivity index (χ4n) is 1.07. The number of hydrogen-bond donors (Lipinski definition) is 2. The van der Waals surface area contributed by atoms with Crippen molar-refractivity contribution < 1.29 is 9.90 Å². The molecule has 4 heteroatoms. The predicted molar refractivity (Wildman–Crippen MR) is 51.0 cm³/mol. The molecule has 0 aliphatic carbocycles. The Labute approximate surface area is 81.1 Å². The third kappa shape index (κ3) is 1.99. The Balaban J connectivity index is 3.26. The van der Waals surface area contributed by atoms with E-state index in [1.54, 1.807) is 19.1 Å². The summed E-state index contributed by atoms with van der Waals surface area (Å²) in [6, 6.07) is 4.55. The van der Waals surface area contributed by atoms with Crippen molar-refractivity contribution in [2.75, 3.05) is 0 Å². The summed E-state index contributed by atoms with van der Waals surface area (Å²) in [5.41, 5.74) is 6.35. The van der Waals surface area contributed by atoms with Crippen LogP contribution in [-0.4, -0.2) is 11.1 Å². The quantitative estimate of drug-likeness (QED) is 0.767. The predicted octanol–water partition coefficient (Wildman–Crippen LogP) is 2.06. The van der Waals surface area contributed by atoms with E-state index >= 15 is 0 Å². The first-order valence-electron chi connectivity index (χ1n) is 3.81. The lowest BCUT2D eigenvalue weighted by atomic mass is 10.1. The van der Waals surface area contributed by atoms with Gasteiger partial charge >= 0.3 is 5.97 Å². The van der Waals surface area contributed by atoms with E-state index in [1.165, 1.54) is 6.07 Å². The largest absolute Gasteiger partial charge is 0.478 e. The number of carboxylic acid groups (broad SMARTS) is 1. The molecule has 0 spiro atoms. The van der Waals surface area contributed by atoms with Crippen LogP contribution in [0.3, 0.4) is 0 Å². The zero-order valence-electron chi connectivity index (χ0n) is 7.12. The zero-order chi connectivity index (χ0) is 10.0. The minimum atomic E-state index is -1.03. The molecule has 1 rings (SSSR count). The summed E-state index contributed by atoms with van der Waals surface area (Å²) in [5.74, 6) is -1.03. The van der Waals surface area contributed by atoms with Gasteiger partial charge in [0.2, 0.25) is 0 Å². The third-order valence-corrected chi connectivity index (χ3v) is 2.17. The van der Waals surface area contributed by atoms with Gasteiger partial charge in [-0.1, -0.05) is 23.7 Å². The Morgan fingerprint density at radius 3 is 2.69 bits per heavy atom. The molecule has 1 atom stereocenters. The molecule has 0 saturated heterocycles. The van der Waals surface area contributed by atoms with Crippen LogP contribution < -0.4 is 5.73 Å². The Bertz CT molecular complexity index is 336. The molecule has 0 aromatic heterocycles. The van der Waals surface area contributed by atoms with Crippen LogP contribution in [0, 0.1) is 0 Å². The highest BCUT2D eigenvalue weighted by atomic mass is 35.5. The van der Waals surface area contributed by atoms with E-state index in [0.29, 0.717) is 5.56 Å². The van der Waals surface area contributed by atoms with Crippen molar-refractivity contribution >= 4 is 17.6 Å². The van der Waals surface area contributed by atoms with Crippen molar-refractivity contribution in [3.63, 3.8) is 0 Å². The fraction of sp³-hybridized carbons (Fsp3) is 0.222. The molecule has 0 amide bonds. The van der Waals surface area contributed by atoms with Gasteiger partial charge in [-0.3, -0.25) is 0 Å². The summed E-state index contributed by atoms with van der Waals surface area (Å²) in [5, 5.41) is 8.97. The van der Waals surface area contributed by atoms with E-state index in [0.717, 1.165) is 0 Å². The molecule has 0 heterocycles. The Kier molecular flexibility index (Phi) is 2.90. The first-order valence-corrected chi connectivity index (χ1v) is 4.19. The minimum Gasteiger partial charge on any atom is -0.478 e. The van der Waals surface area contributed by atoms with Gasteiger partial charge in [-0.2, -0.15) is 0 Å². The van der Waals surface area contributed by atoms with E-state index < -0.39 is 5.97 Å². The van der Waals surface area contributed by atoms with Gasteiger partial charge in [-0.05, 0) is 18.6 Å². The summed E-state index contributed by atoms with van der Waals surface area (Å²) in [6.07, 6.45) is 0. The molecule has 13 heavy (non-hydrogen) atoms. The molecule has 1 unspecified atom stereocenters. The first kappa shape index (κ1) is 10.0.